The predicted molar refractivity (Wildman–Crippen MR) is 90.5 cm³/mol. The fourth-order valence-electron chi connectivity index (χ4n) is 2.71. The molecule has 0 bridgehead atoms. The second kappa shape index (κ2) is 8.47. The van der Waals surface area contributed by atoms with Crippen molar-refractivity contribution < 1.29 is 9.53 Å². The van der Waals surface area contributed by atoms with E-state index < -0.39 is 0 Å². The molecule has 23 heavy (non-hydrogen) atoms. The van der Waals surface area contributed by atoms with Gasteiger partial charge >= 0.3 is 0 Å². The number of ether oxygens (including phenoxy) is 1. The summed E-state index contributed by atoms with van der Waals surface area (Å²) in [5.74, 6) is 0.108. The van der Waals surface area contributed by atoms with Crippen molar-refractivity contribution in [1.29, 1.82) is 5.26 Å². The molecule has 1 aromatic carbocycles. The van der Waals surface area contributed by atoms with Crippen molar-refractivity contribution in [3.63, 3.8) is 0 Å². The Labute approximate surface area is 137 Å². The lowest BCUT2D eigenvalue weighted by Gasteiger charge is -2.14. The van der Waals surface area contributed by atoms with Gasteiger partial charge in [0.05, 0.1) is 19.0 Å². The molecule has 0 aliphatic rings. The van der Waals surface area contributed by atoms with Crippen LogP contribution in [-0.2, 0) is 11.3 Å². The second-order valence-corrected chi connectivity index (χ2v) is 5.67. The monoisotopic (exact) mass is 313 g/mol. The normalized spacial score (nSPS) is 11.0. The molecule has 0 atom stereocenters. The van der Waals surface area contributed by atoms with E-state index in [9.17, 15) is 4.79 Å². The van der Waals surface area contributed by atoms with E-state index in [1.807, 2.05) is 47.0 Å². The summed E-state index contributed by atoms with van der Waals surface area (Å²) in [6.07, 6.45) is 3.22. The number of nitriles is 1. The number of aromatic nitrogens is 1. The summed E-state index contributed by atoms with van der Waals surface area (Å²) in [6.45, 7) is 2.52. The number of ketones is 1. The lowest BCUT2D eigenvalue weighted by Crippen LogP contribution is -2.27. The maximum absolute atomic E-state index is 12.6. The summed E-state index contributed by atoms with van der Waals surface area (Å²) in [7, 11) is 3.63. The number of Topliss-reactive ketones (excluding diaryl/α,β-unsaturated/α-hetero) is 1. The molecule has 5 nitrogen and oxygen atoms in total. The number of fused-ring (bicyclic) bond motifs is 1. The van der Waals surface area contributed by atoms with E-state index in [0.717, 1.165) is 29.4 Å². The van der Waals surface area contributed by atoms with Gasteiger partial charge in [0, 0.05) is 49.5 Å². The fourth-order valence-corrected chi connectivity index (χ4v) is 2.71. The van der Waals surface area contributed by atoms with Crippen LogP contribution in [-0.4, -0.2) is 49.1 Å². The van der Waals surface area contributed by atoms with E-state index in [1.54, 1.807) is 7.11 Å². The number of aryl methyl sites for hydroxylation is 1. The number of hydrogen-bond donors (Lipinski definition) is 0. The molecule has 0 amide bonds. The fraction of sp³-hybridized carbons (Fsp3) is 0.444. The Morgan fingerprint density at radius 2 is 2.17 bits per heavy atom. The third kappa shape index (κ3) is 4.41. The van der Waals surface area contributed by atoms with Gasteiger partial charge in [-0.15, -0.1) is 0 Å². The van der Waals surface area contributed by atoms with Gasteiger partial charge in [-0.2, -0.15) is 5.26 Å². The van der Waals surface area contributed by atoms with Crippen LogP contribution in [0, 0.1) is 11.3 Å². The van der Waals surface area contributed by atoms with Gasteiger partial charge in [-0.05, 0) is 19.5 Å². The highest BCUT2D eigenvalue weighted by Crippen LogP contribution is 2.22. The summed E-state index contributed by atoms with van der Waals surface area (Å²) in [5, 5.41) is 9.75. The highest BCUT2D eigenvalue weighted by atomic mass is 16.5. The van der Waals surface area contributed by atoms with Crippen LogP contribution in [0.5, 0.6) is 0 Å². The predicted octanol–water partition coefficient (Wildman–Crippen LogP) is 2.71. The summed E-state index contributed by atoms with van der Waals surface area (Å²) in [6, 6.07) is 10.0. The van der Waals surface area contributed by atoms with E-state index in [0.29, 0.717) is 26.1 Å². The van der Waals surface area contributed by atoms with Crippen molar-refractivity contribution in [2.45, 2.75) is 19.4 Å². The minimum Gasteiger partial charge on any atom is -0.385 e. The first kappa shape index (κ1) is 17.2. The molecule has 0 saturated carbocycles. The van der Waals surface area contributed by atoms with Crippen LogP contribution in [0.2, 0.25) is 0 Å². The molecule has 5 heteroatoms. The maximum atomic E-state index is 12.6. The number of carbonyl (C=O) groups excluding carboxylic acids is 1. The molecule has 2 rings (SSSR count). The first-order chi connectivity index (χ1) is 11.2. The molecule has 0 aliphatic heterocycles. The Kier molecular flexibility index (Phi) is 6.33. The van der Waals surface area contributed by atoms with Crippen molar-refractivity contribution in [1.82, 2.24) is 9.47 Å². The largest absolute Gasteiger partial charge is 0.385 e. The molecule has 0 N–H and O–H groups in total. The van der Waals surface area contributed by atoms with Gasteiger partial charge in [0.2, 0.25) is 0 Å². The number of para-hydroxylation sites is 1. The number of methoxy groups -OCH3 is 1. The lowest BCUT2D eigenvalue weighted by molar-refractivity contribution is 0.0940. The number of hydrogen-bond acceptors (Lipinski definition) is 4. The second-order valence-electron chi connectivity index (χ2n) is 5.67. The zero-order valence-electron chi connectivity index (χ0n) is 13.8. The van der Waals surface area contributed by atoms with E-state index in [2.05, 4.69) is 6.07 Å². The molecule has 0 saturated heterocycles. The van der Waals surface area contributed by atoms with Gasteiger partial charge in [-0.1, -0.05) is 18.2 Å². The van der Waals surface area contributed by atoms with Crippen molar-refractivity contribution in [2.24, 2.45) is 0 Å². The molecule has 0 aliphatic carbocycles. The first-order valence-corrected chi connectivity index (χ1v) is 7.83. The molecular weight excluding hydrogens is 290 g/mol. The Morgan fingerprint density at radius 1 is 1.39 bits per heavy atom. The minimum atomic E-state index is 0.108. The van der Waals surface area contributed by atoms with E-state index >= 15 is 0 Å². The molecule has 122 valence electrons. The summed E-state index contributed by atoms with van der Waals surface area (Å²) in [5.41, 5.74) is 1.74. The number of benzene rings is 1. The van der Waals surface area contributed by atoms with Crippen LogP contribution in [0.15, 0.2) is 30.5 Å². The Morgan fingerprint density at radius 3 is 2.91 bits per heavy atom. The van der Waals surface area contributed by atoms with Crippen LogP contribution in [0.25, 0.3) is 10.9 Å². The van der Waals surface area contributed by atoms with Crippen LogP contribution in [0.4, 0.5) is 0 Å². The van der Waals surface area contributed by atoms with Gasteiger partial charge in [0.15, 0.2) is 5.78 Å². The molecule has 1 heterocycles. The lowest BCUT2D eigenvalue weighted by atomic mass is 10.1. The standard InChI is InChI=1S/C18H23N3O2/c1-20(10-6-12-23-2)14-18(22)16-13-21(11-5-9-19)17-8-4-3-7-15(16)17/h3-4,7-8,13H,5-6,10-12,14H2,1-2H3. The van der Waals surface area contributed by atoms with Crippen molar-refractivity contribution >= 4 is 16.7 Å². The van der Waals surface area contributed by atoms with E-state index in [4.69, 9.17) is 10.00 Å². The summed E-state index contributed by atoms with van der Waals surface area (Å²) in [4.78, 5) is 14.7. The van der Waals surface area contributed by atoms with Crippen molar-refractivity contribution in [2.75, 3.05) is 33.9 Å². The number of carbonyl (C=O) groups is 1. The zero-order valence-corrected chi connectivity index (χ0v) is 13.8. The van der Waals surface area contributed by atoms with Crippen LogP contribution < -0.4 is 0 Å². The van der Waals surface area contributed by atoms with Crippen LogP contribution in [0.1, 0.15) is 23.2 Å². The van der Waals surface area contributed by atoms with Crippen molar-refractivity contribution in [3.05, 3.63) is 36.0 Å². The molecular formula is C18H23N3O2. The van der Waals surface area contributed by atoms with Gasteiger partial charge < -0.3 is 9.30 Å². The number of rotatable bonds is 9. The molecule has 0 fully saturated rings. The zero-order chi connectivity index (χ0) is 16.7. The Balaban J connectivity index is 2.15. The van der Waals surface area contributed by atoms with Crippen molar-refractivity contribution in [3.8, 4) is 6.07 Å². The van der Waals surface area contributed by atoms with Gasteiger partial charge in [-0.3, -0.25) is 9.69 Å². The number of nitrogens with zero attached hydrogens (tertiary/aromatic N) is 3. The minimum absolute atomic E-state index is 0.108. The molecule has 0 radical (unpaired) electrons. The topological polar surface area (TPSA) is 58.3 Å². The average molecular weight is 313 g/mol. The first-order valence-electron chi connectivity index (χ1n) is 7.83. The molecule has 2 aromatic rings. The van der Waals surface area contributed by atoms with E-state index in [-0.39, 0.29) is 5.78 Å². The molecule has 0 unspecified atom stereocenters. The summed E-state index contributed by atoms with van der Waals surface area (Å²) < 4.78 is 7.04. The third-order valence-electron chi connectivity index (χ3n) is 3.86. The van der Waals surface area contributed by atoms with Gasteiger partial charge in [0.25, 0.3) is 0 Å². The SMILES string of the molecule is COCCCN(C)CC(=O)c1cn(CCC#N)c2ccccc12. The average Bonchev–Trinajstić information content (AvgIpc) is 2.92. The van der Waals surface area contributed by atoms with Gasteiger partial charge in [0.1, 0.15) is 0 Å². The highest BCUT2D eigenvalue weighted by molar-refractivity contribution is 6.09. The quantitative estimate of drug-likeness (QED) is 0.527. The van der Waals surface area contributed by atoms with Crippen LogP contribution in [0.3, 0.4) is 0 Å². The summed E-state index contributed by atoms with van der Waals surface area (Å²) >= 11 is 0. The molecule has 0 spiro atoms. The molecule has 1 aromatic heterocycles. The smallest absolute Gasteiger partial charge is 0.178 e. The Hall–Kier alpha value is -2.16. The van der Waals surface area contributed by atoms with Gasteiger partial charge in [-0.25, -0.2) is 0 Å². The van der Waals surface area contributed by atoms with Crippen LogP contribution >= 0.6 is 0 Å². The van der Waals surface area contributed by atoms with E-state index in [1.165, 1.54) is 0 Å². The highest BCUT2D eigenvalue weighted by Gasteiger charge is 2.16. The Bertz CT molecular complexity index is 700. The third-order valence-corrected chi connectivity index (χ3v) is 3.86. The maximum Gasteiger partial charge on any atom is 0.178 e. The number of likely N-dealkylation sites (N-methyl/N-ethyl adjacent to an activating group) is 1.